The van der Waals surface area contributed by atoms with Gasteiger partial charge in [0.15, 0.2) is 0 Å². The van der Waals surface area contributed by atoms with E-state index in [1.807, 2.05) is 13.1 Å². The van der Waals surface area contributed by atoms with E-state index in [0.717, 1.165) is 43.1 Å². The van der Waals surface area contributed by atoms with Crippen LogP contribution in [0.4, 0.5) is 0 Å². The average molecular weight is 233 g/mol. The van der Waals surface area contributed by atoms with Crippen LogP contribution < -0.4 is 5.32 Å². The Kier molecular flexibility index (Phi) is 3.93. The molecule has 0 saturated heterocycles. The number of nitrogens with zero attached hydrogens (tertiary/aromatic N) is 2. The lowest BCUT2D eigenvalue weighted by molar-refractivity contribution is 0.638. The van der Waals surface area contributed by atoms with E-state index in [4.69, 9.17) is 0 Å². The van der Waals surface area contributed by atoms with Crippen LogP contribution in [0.1, 0.15) is 29.2 Å². The van der Waals surface area contributed by atoms with Gasteiger partial charge in [0.1, 0.15) is 5.82 Å². The van der Waals surface area contributed by atoms with Crippen molar-refractivity contribution in [3.63, 3.8) is 0 Å². The third-order valence-electron chi connectivity index (χ3n) is 2.90. The summed E-state index contributed by atoms with van der Waals surface area (Å²) in [6.07, 6.45) is 5.73. The number of nitrogens with one attached hydrogen (secondary N) is 3. The first-order valence-corrected chi connectivity index (χ1v) is 5.97. The van der Waals surface area contributed by atoms with Gasteiger partial charge in [0.05, 0.1) is 5.69 Å². The van der Waals surface area contributed by atoms with Crippen LogP contribution >= 0.6 is 0 Å². The lowest BCUT2D eigenvalue weighted by Crippen LogP contribution is -2.16. The zero-order chi connectivity index (χ0) is 12.1. The molecule has 0 aliphatic rings. The van der Waals surface area contributed by atoms with E-state index < -0.39 is 0 Å². The Morgan fingerprint density at radius 1 is 1.35 bits per heavy atom. The minimum atomic E-state index is 0.881. The lowest BCUT2D eigenvalue weighted by Gasteiger charge is -2.04. The van der Waals surface area contributed by atoms with Crippen LogP contribution in [0.15, 0.2) is 12.4 Å². The smallest absolute Gasteiger partial charge is 0.106 e. The number of hydrogen-bond acceptors (Lipinski definition) is 3. The van der Waals surface area contributed by atoms with E-state index >= 15 is 0 Å². The average Bonchev–Trinajstić information content (AvgIpc) is 2.92. The first kappa shape index (κ1) is 11.9. The molecule has 0 saturated carbocycles. The van der Waals surface area contributed by atoms with Crippen LogP contribution in [0.2, 0.25) is 0 Å². The Morgan fingerprint density at radius 3 is 2.88 bits per heavy atom. The number of aromatic nitrogens is 4. The van der Waals surface area contributed by atoms with Crippen LogP contribution in [0, 0.1) is 13.8 Å². The molecule has 5 heteroatoms. The van der Waals surface area contributed by atoms with Crippen LogP contribution in [-0.4, -0.2) is 26.7 Å². The zero-order valence-electron chi connectivity index (χ0n) is 10.4. The summed E-state index contributed by atoms with van der Waals surface area (Å²) < 4.78 is 0. The van der Waals surface area contributed by atoms with E-state index in [9.17, 15) is 0 Å². The van der Waals surface area contributed by atoms with Gasteiger partial charge in [-0.1, -0.05) is 0 Å². The third-order valence-corrected chi connectivity index (χ3v) is 2.90. The first-order valence-electron chi connectivity index (χ1n) is 5.97. The second-order valence-electron chi connectivity index (χ2n) is 4.23. The van der Waals surface area contributed by atoms with Gasteiger partial charge in [0, 0.05) is 36.6 Å². The maximum atomic E-state index is 4.19. The zero-order valence-corrected chi connectivity index (χ0v) is 10.4. The number of rotatable bonds is 6. The normalized spacial score (nSPS) is 10.9. The topological polar surface area (TPSA) is 69.4 Å². The Hall–Kier alpha value is -1.62. The largest absolute Gasteiger partial charge is 0.349 e. The maximum absolute atomic E-state index is 4.19. The summed E-state index contributed by atoms with van der Waals surface area (Å²) in [5.74, 6) is 1.06. The van der Waals surface area contributed by atoms with Crippen molar-refractivity contribution in [2.75, 3.05) is 6.54 Å². The Labute approximate surface area is 101 Å². The molecular weight excluding hydrogens is 214 g/mol. The first-order chi connectivity index (χ1) is 8.27. The van der Waals surface area contributed by atoms with Crippen molar-refractivity contribution in [1.29, 1.82) is 0 Å². The van der Waals surface area contributed by atoms with Crippen molar-refractivity contribution in [2.24, 2.45) is 0 Å². The number of hydrogen-bond donors (Lipinski definition) is 3. The van der Waals surface area contributed by atoms with Crippen LogP contribution in [0.25, 0.3) is 0 Å². The summed E-state index contributed by atoms with van der Waals surface area (Å²) in [5.41, 5.74) is 3.52. The van der Waals surface area contributed by atoms with Crippen LogP contribution in [0.5, 0.6) is 0 Å². The molecule has 2 rings (SSSR count). The van der Waals surface area contributed by atoms with E-state index in [0.29, 0.717) is 0 Å². The summed E-state index contributed by atoms with van der Waals surface area (Å²) in [7, 11) is 0. The van der Waals surface area contributed by atoms with E-state index in [2.05, 4.69) is 32.4 Å². The molecule has 0 aliphatic carbocycles. The molecule has 0 bridgehead atoms. The van der Waals surface area contributed by atoms with Crippen molar-refractivity contribution in [3.05, 3.63) is 35.2 Å². The van der Waals surface area contributed by atoms with Crippen molar-refractivity contribution >= 4 is 0 Å². The predicted octanol–water partition coefficient (Wildman–Crippen LogP) is 1.47. The van der Waals surface area contributed by atoms with Gasteiger partial charge in [-0.3, -0.25) is 5.10 Å². The molecule has 0 aliphatic heterocycles. The quantitative estimate of drug-likeness (QED) is 0.662. The highest BCUT2D eigenvalue weighted by Crippen LogP contribution is 2.08. The molecular formula is C12H19N5. The van der Waals surface area contributed by atoms with Crippen molar-refractivity contribution in [2.45, 2.75) is 33.2 Å². The highest BCUT2D eigenvalue weighted by atomic mass is 15.1. The molecule has 0 unspecified atom stereocenters. The monoisotopic (exact) mass is 233 g/mol. The van der Waals surface area contributed by atoms with Gasteiger partial charge in [0.25, 0.3) is 0 Å². The van der Waals surface area contributed by atoms with Gasteiger partial charge in [0.2, 0.25) is 0 Å². The van der Waals surface area contributed by atoms with E-state index in [1.165, 1.54) is 5.56 Å². The fraction of sp³-hybridized carbons (Fsp3) is 0.500. The molecule has 2 aromatic rings. The summed E-state index contributed by atoms with van der Waals surface area (Å²) in [6, 6.07) is 0. The number of aryl methyl sites for hydroxylation is 3. The second kappa shape index (κ2) is 5.63. The fourth-order valence-electron chi connectivity index (χ4n) is 1.86. The minimum Gasteiger partial charge on any atom is -0.349 e. The van der Waals surface area contributed by atoms with E-state index in [-0.39, 0.29) is 0 Å². The number of aromatic amines is 2. The predicted molar refractivity (Wildman–Crippen MR) is 66.7 cm³/mol. The molecule has 92 valence electrons. The van der Waals surface area contributed by atoms with Gasteiger partial charge >= 0.3 is 0 Å². The van der Waals surface area contributed by atoms with Crippen LogP contribution in [0.3, 0.4) is 0 Å². The molecule has 3 N–H and O–H groups in total. The molecule has 0 atom stereocenters. The number of H-pyrrole nitrogens is 2. The van der Waals surface area contributed by atoms with Crippen molar-refractivity contribution in [3.8, 4) is 0 Å². The Bertz CT molecular complexity index is 424. The second-order valence-corrected chi connectivity index (χ2v) is 4.23. The third kappa shape index (κ3) is 3.17. The molecule has 5 nitrogen and oxygen atoms in total. The summed E-state index contributed by atoms with van der Waals surface area (Å²) >= 11 is 0. The van der Waals surface area contributed by atoms with E-state index in [1.54, 1.807) is 6.20 Å². The Balaban J connectivity index is 1.67. The highest BCUT2D eigenvalue weighted by molar-refractivity contribution is 5.22. The standard InChI is InChI=1S/C12H19N5/c1-9-11(10(2)17-16-9)8-13-5-3-4-12-14-6-7-15-12/h6-7,13H,3-5,8H2,1-2H3,(H,14,15)(H,16,17). The highest BCUT2D eigenvalue weighted by Gasteiger charge is 2.04. The van der Waals surface area contributed by atoms with Gasteiger partial charge in [-0.2, -0.15) is 5.10 Å². The minimum absolute atomic E-state index is 0.881. The molecule has 0 aromatic carbocycles. The van der Waals surface area contributed by atoms with Gasteiger partial charge in [-0.25, -0.2) is 4.98 Å². The van der Waals surface area contributed by atoms with Gasteiger partial charge < -0.3 is 10.3 Å². The van der Waals surface area contributed by atoms with Crippen molar-refractivity contribution in [1.82, 2.24) is 25.5 Å². The fourth-order valence-corrected chi connectivity index (χ4v) is 1.86. The molecule has 0 amide bonds. The summed E-state index contributed by atoms with van der Waals surface area (Å²) in [5, 5.41) is 10.6. The van der Waals surface area contributed by atoms with Gasteiger partial charge in [-0.15, -0.1) is 0 Å². The maximum Gasteiger partial charge on any atom is 0.106 e. The molecule has 0 fully saturated rings. The molecule has 0 spiro atoms. The number of imidazole rings is 1. The Morgan fingerprint density at radius 2 is 2.24 bits per heavy atom. The molecule has 2 heterocycles. The molecule has 17 heavy (non-hydrogen) atoms. The SMILES string of the molecule is Cc1n[nH]c(C)c1CNCCCc1ncc[nH]1. The summed E-state index contributed by atoms with van der Waals surface area (Å²) in [6.45, 7) is 5.96. The molecule has 0 radical (unpaired) electrons. The molecule has 2 aromatic heterocycles. The van der Waals surface area contributed by atoms with Crippen LogP contribution in [-0.2, 0) is 13.0 Å². The summed E-state index contributed by atoms with van der Waals surface area (Å²) in [4.78, 5) is 7.30. The lowest BCUT2D eigenvalue weighted by atomic mass is 10.2. The van der Waals surface area contributed by atoms with Gasteiger partial charge in [-0.05, 0) is 26.8 Å². The van der Waals surface area contributed by atoms with Crippen molar-refractivity contribution < 1.29 is 0 Å².